The minimum atomic E-state index is -0.478. The molecule has 1 fully saturated rings. The van der Waals surface area contributed by atoms with Crippen LogP contribution in [0.15, 0.2) is 36.7 Å². The summed E-state index contributed by atoms with van der Waals surface area (Å²) in [5.74, 6) is -0.296. The average Bonchev–Trinajstić information content (AvgIpc) is 3.14. The van der Waals surface area contributed by atoms with Crippen molar-refractivity contribution >= 4 is 17.5 Å². The highest BCUT2D eigenvalue weighted by molar-refractivity contribution is 6.03. The molecule has 2 amide bonds. The van der Waals surface area contributed by atoms with Gasteiger partial charge in [-0.1, -0.05) is 19.1 Å². The Kier molecular flexibility index (Phi) is 4.14. The number of amides is 2. The van der Waals surface area contributed by atoms with Crippen LogP contribution in [0.1, 0.15) is 29.3 Å². The normalized spacial score (nSPS) is 17.6. The number of nitrogens with zero attached hydrogens (tertiary/aromatic N) is 3. The number of aryl methyl sites for hydroxylation is 2. The zero-order chi connectivity index (χ0) is 16.4. The molecular formula is C17H20N4O2. The number of benzene rings is 1. The maximum atomic E-state index is 12.5. The van der Waals surface area contributed by atoms with Gasteiger partial charge in [0.1, 0.15) is 6.04 Å². The van der Waals surface area contributed by atoms with Crippen LogP contribution in [0.3, 0.4) is 0 Å². The number of carbonyl (C=O) groups is 2. The highest BCUT2D eigenvalue weighted by Crippen LogP contribution is 2.21. The molecule has 6 heteroatoms. The molecule has 2 heterocycles. The van der Waals surface area contributed by atoms with Crippen LogP contribution in [0.5, 0.6) is 0 Å². The summed E-state index contributed by atoms with van der Waals surface area (Å²) in [6.45, 7) is 2.66. The molecule has 1 aliphatic heterocycles. The molecule has 0 aliphatic carbocycles. The van der Waals surface area contributed by atoms with Crippen molar-refractivity contribution in [3.05, 3.63) is 47.8 Å². The van der Waals surface area contributed by atoms with Crippen molar-refractivity contribution in [2.24, 2.45) is 7.05 Å². The molecule has 1 N–H and O–H groups in total. The molecule has 120 valence electrons. The monoisotopic (exact) mass is 312 g/mol. The third-order valence-corrected chi connectivity index (χ3v) is 4.14. The van der Waals surface area contributed by atoms with E-state index in [4.69, 9.17) is 0 Å². The first-order chi connectivity index (χ1) is 11.1. The van der Waals surface area contributed by atoms with E-state index >= 15 is 0 Å². The van der Waals surface area contributed by atoms with Crippen molar-refractivity contribution in [3.8, 4) is 0 Å². The lowest BCUT2D eigenvalue weighted by molar-refractivity contribution is -0.118. The van der Waals surface area contributed by atoms with Crippen molar-refractivity contribution < 1.29 is 9.59 Å². The van der Waals surface area contributed by atoms with Crippen LogP contribution in [0.4, 0.5) is 5.69 Å². The molecule has 1 aromatic carbocycles. The lowest BCUT2D eigenvalue weighted by atomic mass is 10.1. The first-order valence-corrected chi connectivity index (χ1v) is 7.78. The number of carbonyl (C=O) groups excluding carboxylic acids is 2. The summed E-state index contributed by atoms with van der Waals surface area (Å²) in [7, 11) is 1.81. The number of aromatic nitrogens is 2. The van der Waals surface area contributed by atoms with Crippen LogP contribution < -0.4 is 10.2 Å². The van der Waals surface area contributed by atoms with Crippen LogP contribution in [0, 0.1) is 0 Å². The van der Waals surface area contributed by atoms with Crippen molar-refractivity contribution in [2.45, 2.75) is 25.8 Å². The molecule has 1 atom stereocenters. The fourth-order valence-corrected chi connectivity index (χ4v) is 2.75. The van der Waals surface area contributed by atoms with Gasteiger partial charge in [-0.25, -0.2) is 0 Å². The van der Waals surface area contributed by atoms with E-state index in [2.05, 4.69) is 17.3 Å². The third kappa shape index (κ3) is 3.11. The second-order valence-electron chi connectivity index (χ2n) is 5.73. The first kappa shape index (κ1) is 15.3. The Balaban J connectivity index is 1.66. The van der Waals surface area contributed by atoms with Gasteiger partial charge in [-0.2, -0.15) is 5.10 Å². The van der Waals surface area contributed by atoms with Gasteiger partial charge in [0.15, 0.2) is 0 Å². The van der Waals surface area contributed by atoms with Crippen LogP contribution in [0.25, 0.3) is 0 Å². The Hall–Kier alpha value is -2.63. The highest BCUT2D eigenvalue weighted by Gasteiger charge is 2.34. The second-order valence-corrected chi connectivity index (χ2v) is 5.73. The van der Waals surface area contributed by atoms with Crippen molar-refractivity contribution in [1.82, 2.24) is 15.1 Å². The van der Waals surface area contributed by atoms with Crippen LogP contribution >= 0.6 is 0 Å². The Morgan fingerprint density at radius 1 is 1.35 bits per heavy atom. The lowest BCUT2D eigenvalue weighted by Crippen LogP contribution is -2.41. The molecule has 6 nitrogen and oxygen atoms in total. The smallest absolute Gasteiger partial charge is 0.251 e. The maximum Gasteiger partial charge on any atom is 0.251 e. The van der Waals surface area contributed by atoms with Crippen molar-refractivity contribution in [2.75, 3.05) is 11.4 Å². The molecule has 1 saturated heterocycles. The second kappa shape index (κ2) is 6.24. The summed E-state index contributed by atoms with van der Waals surface area (Å²) >= 11 is 0. The Morgan fingerprint density at radius 2 is 2.09 bits per heavy atom. The maximum absolute atomic E-state index is 12.5. The van der Waals surface area contributed by atoms with Gasteiger partial charge in [0.25, 0.3) is 5.91 Å². The molecule has 2 aromatic rings. The van der Waals surface area contributed by atoms with E-state index < -0.39 is 6.04 Å². The molecule has 23 heavy (non-hydrogen) atoms. The SMILES string of the molecule is CCc1ccc(C(=O)NC2CCN(c3cnn(C)c3)C2=O)cc1. The minimum absolute atomic E-state index is 0.0865. The summed E-state index contributed by atoms with van der Waals surface area (Å²) in [6.07, 6.45) is 4.99. The van der Waals surface area contributed by atoms with Gasteiger partial charge in [-0.3, -0.25) is 14.3 Å². The lowest BCUT2D eigenvalue weighted by Gasteiger charge is -2.15. The standard InChI is InChI=1S/C17H20N4O2/c1-3-12-4-6-13(7-5-12)16(22)19-15-8-9-21(17(15)23)14-10-18-20(2)11-14/h4-7,10-11,15H,3,8-9H2,1-2H3,(H,19,22). The zero-order valence-corrected chi connectivity index (χ0v) is 13.3. The Bertz CT molecular complexity index is 720. The number of hydrogen-bond acceptors (Lipinski definition) is 3. The number of rotatable bonds is 4. The van der Waals surface area contributed by atoms with Crippen molar-refractivity contribution in [3.63, 3.8) is 0 Å². The van der Waals surface area contributed by atoms with E-state index in [1.54, 1.807) is 34.1 Å². The molecule has 0 spiro atoms. The third-order valence-electron chi connectivity index (χ3n) is 4.14. The largest absolute Gasteiger partial charge is 0.340 e. The summed E-state index contributed by atoms with van der Waals surface area (Å²) < 4.78 is 1.66. The van der Waals surface area contributed by atoms with Gasteiger partial charge in [-0.15, -0.1) is 0 Å². The molecule has 1 aliphatic rings. The zero-order valence-electron chi connectivity index (χ0n) is 13.3. The van der Waals surface area contributed by atoms with Crippen molar-refractivity contribution in [1.29, 1.82) is 0 Å². The van der Waals surface area contributed by atoms with Gasteiger partial charge >= 0.3 is 0 Å². The predicted octanol–water partition coefficient (Wildman–Crippen LogP) is 1.52. The Labute approximate surface area is 135 Å². The molecule has 0 bridgehead atoms. The quantitative estimate of drug-likeness (QED) is 0.931. The Morgan fingerprint density at radius 3 is 2.70 bits per heavy atom. The van der Waals surface area contributed by atoms with Gasteiger partial charge in [-0.05, 0) is 30.5 Å². The van der Waals surface area contributed by atoms with E-state index in [0.29, 0.717) is 18.5 Å². The first-order valence-electron chi connectivity index (χ1n) is 7.78. The average molecular weight is 312 g/mol. The molecular weight excluding hydrogens is 292 g/mol. The topological polar surface area (TPSA) is 67.2 Å². The van der Waals surface area contributed by atoms with Crippen LogP contribution in [-0.2, 0) is 18.3 Å². The molecule has 0 saturated carbocycles. The van der Waals surface area contributed by atoms with Crippen LogP contribution in [-0.4, -0.2) is 34.2 Å². The summed E-state index contributed by atoms with van der Waals surface area (Å²) in [6, 6.07) is 6.99. The minimum Gasteiger partial charge on any atom is -0.340 e. The van der Waals surface area contributed by atoms with Gasteiger partial charge in [0.05, 0.1) is 11.9 Å². The molecule has 0 radical (unpaired) electrons. The van der Waals surface area contributed by atoms with E-state index in [1.807, 2.05) is 19.2 Å². The van der Waals surface area contributed by atoms with E-state index in [9.17, 15) is 9.59 Å². The molecule has 1 aromatic heterocycles. The number of anilines is 1. The van der Waals surface area contributed by atoms with E-state index in [0.717, 1.165) is 12.1 Å². The summed E-state index contributed by atoms with van der Waals surface area (Å²) in [4.78, 5) is 26.4. The fourth-order valence-electron chi connectivity index (χ4n) is 2.75. The van der Waals surface area contributed by atoms with Gasteiger partial charge < -0.3 is 10.2 Å². The van der Waals surface area contributed by atoms with E-state index in [-0.39, 0.29) is 11.8 Å². The van der Waals surface area contributed by atoms with Gasteiger partial charge in [0, 0.05) is 25.4 Å². The summed E-state index contributed by atoms with van der Waals surface area (Å²) in [5, 5.41) is 6.91. The predicted molar refractivity (Wildman–Crippen MR) is 87.3 cm³/mol. The summed E-state index contributed by atoms with van der Waals surface area (Å²) in [5.41, 5.74) is 2.53. The number of nitrogens with one attached hydrogen (secondary N) is 1. The van der Waals surface area contributed by atoms with Crippen LogP contribution in [0.2, 0.25) is 0 Å². The number of hydrogen-bond donors (Lipinski definition) is 1. The molecule has 1 unspecified atom stereocenters. The van der Waals surface area contributed by atoms with Gasteiger partial charge in [0.2, 0.25) is 5.91 Å². The highest BCUT2D eigenvalue weighted by atomic mass is 16.2. The molecule has 3 rings (SSSR count). The van der Waals surface area contributed by atoms with E-state index in [1.165, 1.54) is 5.56 Å². The fraction of sp³-hybridized carbons (Fsp3) is 0.353.